The number of aromatic nitrogens is 5. The third kappa shape index (κ3) is 3.83. The summed E-state index contributed by atoms with van der Waals surface area (Å²) >= 11 is 0. The molecule has 0 radical (unpaired) electrons. The number of para-hydroxylation sites is 2. The molecule has 1 atom stereocenters. The lowest BCUT2D eigenvalue weighted by Gasteiger charge is -2.17. The Labute approximate surface area is 170 Å². The van der Waals surface area contributed by atoms with Crippen LogP contribution in [0.1, 0.15) is 31.4 Å². The predicted octanol–water partition coefficient (Wildman–Crippen LogP) is 5.10. The molecule has 0 saturated heterocycles. The fraction of sp³-hybridized carbons (Fsp3) is 0.238. The number of hydrogen-bond donors (Lipinski definition) is 1. The van der Waals surface area contributed by atoms with E-state index in [0.29, 0.717) is 12.1 Å². The molecule has 0 saturated carbocycles. The van der Waals surface area contributed by atoms with Crippen molar-refractivity contribution < 1.29 is 13.2 Å². The monoisotopic (exact) mass is 412 g/mol. The van der Waals surface area contributed by atoms with Gasteiger partial charge in [-0.15, -0.1) is 0 Å². The van der Waals surface area contributed by atoms with Crippen LogP contribution in [-0.2, 0) is 12.7 Å². The lowest BCUT2D eigenvalue weighted by molar-refractivity contribution is -0.141. The van der Waals surface area contributed by atoms with E-state index in [2.05, 4.69) is 25.3 Å². The van der Waals surface area contributed by atoms with Crippen LogP contribution >= 0.6 is 0 Å². The molecule has 1 N–H and O–H groups in total. The van der Waals surface area contributed by atoms with Gasteiger partial charge in [0.25, 0.3) is 0 Å². The summed E-state index contributed by atoms with van der Waals surface area (Å²) in [6, 6.07) is 11.4. The smallest absolute Gasteiger partial charge is 0.360 e. The maximum absolute atomic E-state index is 13.4. The minimum absolute atomic E-state index is 0.0223. The number of nitrogens with zero attached hydrogens (tertiary/aromatic N) is 5. The standard InChI is InChI=1S/C21H19F3N6/c1-3-30-16-7-5-4-6-15(16)27-20(30)13(2)26-18-12-17(21(22,23)24)28-19(29-18)14-8-10-25-11-9-14/h4-13H,3H2,1-2H3,(H,26,28,29). The summed E-state index contributed by atoms with van der Waals surface area (Å²) in [4.78, 5) is 16.5. The molecule has 4 rings (SSSR count). The molecule has 1 aromatic carbocycles. The molecule has 0 aliphatic carbocycles. The van der Waals surface area contributed by atoms with Crippen LogP contribution in [0, 0.1) is 0 Å². The number of halogens is 3. The Kier molecular flexibility index (Phi) is 5.11. The topological polar surface area (TPSA) is 68.5 Å². The first-order valence-electron chi connectivity index (χ1n) is 9.45. The molecule has 0 fully saturated rings. The molecule has 0 spiro atoms. The number of aryl methyl sites for hydroxylation is 1. The molecular formula is C21H19F3N6. The highest BCUT2D eigenvalue weighted by Gasteiger charge is 2.34. The summed E-state index contributed by atoms with van der Waals surface area (Å²) in [7, 11) is 0. The molecule has 0 aliphatic rings. The van der Waals surface area contributed by atoms with E-state index in [1.807, 2.05) is 42.7 Å². The van der Waals surface area contributed by atoms with Gasteiger partial charge in [0.05, 0.1) is 17.1 Å². The lowest BCUT2D eigenvalue weighted by atomic mass is 10.2. The van der Waals surface area contributed by atoms with Crippen LogP contribution in [-0.4, -0.2) is 24.5 Å². The molecule has 154 valence electrons. The fourth-order valence-corrected chi connectivity index (χ4v) is 3.34. The normalized spacial score (nSPS) is 12.8. The Morgan fingerprint density at radius 3 is 2.47 bits per heavy atom. The number of benzene rings is 1. The zero-order valence-electron chi connectivity index (χ0n) is 16.4. The van der Waals surface area contributed by atoms with E-state index in [9.17, 15) is 13.2 Å². The second-order valence-electron chi connectivity index (χ2n) is 6.76. The number of nitrogens with one attached hydrogen (secondary N) is 1. The Bertz CT molecular complexity index is 1170. The van der Waals surface area contributed by atoms with Crippen molar-refractivity contribution in [2.24, 2.45) is 0 Å². The first kappa shape index (κ1) is 19.8. The first-order valence-corrected chi connectivity index (χ1v) is 9.45. The summed E-state index contributed by atoms with van der Waals surface area (Å²) in [5.74, 6) is 0.772. The van der Waals surface area contributed by atoms with E-state index in [4.69, 9.17) is 0 Å². The van der Waals surface area contributed by atoms with Crippen molar-refractivity contribution in [3.8, 4) is 11.4 Å². The van der Waals surface area contributed by atoms with Crippen LogP contribution in [0.4, 0.5) is 19.0 Å². The van der Waals surface area contributed by atoms with Crippen molar-refractivity contribution in [2.45, 2.75) is 32.6 Å². The number of rotatable bonds is 5. The van der Waals surface area contributed by atoms with Crippen molar-refractivity contribution in [3.63, 3.8) is 0 Å². The van der Waals surface area contributed by atoms with Gasteiger partial charge >= 0.3 is 6.18 Å². The Hall–Kier alpha value is -3.49. The summed E-state index contributed by atoms with van der Waals surface area (Å²) in [5, 5.41) is 3.07. The van der Waals surface area contributed by atoms with Gasteiger partial charge in [-0.3, -0.25) is 4.98 Å². The van der Waals surface area contributed by atoms with Crippen molar-refractivity contribution >= 4 is 16.9 Å². The van der Waals surface area contributed by atoms with E-state index in [1.54, 1.807) is 12.1 Å². The van der Waals surface area contributed by atoms with Crippen LogP contribution < -0.4 is 5.32 Å². The number of fused-ring (bicyclic) bond motifs is 1. The molecule has 3 aromatic heterocycles. The lowest BCUT2D eigenvalue weighted by Crippen LogP contribution is -2.16. The van der Waals surface area contributed by atoms with E-state index >= 15 is 0 Å². The highest BCUT2D eigenvalue weighted by atomic mass is 19.4. The van der Waals surface area contributed by atoms with Gasteiger partial charge < -0.3 is 9.88 Å². The molecule has 1 unspecified atom stereocenters. The van der Waals surface area contributed by atoms with Gasteiger partial charge in [-0.05, 0) is 38.1 Å². The van der Waals surface area contributed by atoms with E-state index in [-0.39, 0.29) is 17.7 Å². The predicted molar refractivity (Wildman–Crippen MR) is 108 cm³/mol. The maximum atomic E-state index is 13.4. The zero-order chi connectivity index (χ0) is 21.3. The molecule has 9 heteroatoms. The number of imidazole rings is 1. The average molecular weight is 412 g/mol. The Balaban J connectivity index is 1.74. The second-order valence-corrected chi connectivity index (χ2v) is 6.76. The SMILES string of the molecule is CCn1c(C(C)Nc2cc(C(F)(F)F)nc(-c3ccncc3)n2)nc2ccccc21. The maximum Gasteiger partial charge on any atom is 0.433 e. The largest absolute Gasteiger partial charge is 0.433 e. The number of pyridine rings is 1. The van der Waals surface area contributed by atoms with Crippen LogP contribution in [0.2, 0.25) is 0 Å². The van der Waals surface area contributed by atoms with Crippen molar-refractivity contribution in [2.75, 3.05) is 5.32 Å². The minimum atomic E-state index is -4.60. The van der Waals surface area contributed by atoms with Gasteiger partial charge in [0.1, 0.15) is 11.6 Å². The van der Waals surface area contributed by atoms with Gasteiger partial charge in [0, 0.05) is 30.6 Å². The Morgan fingerprint density at radius 1 is 1.03 bits per heavy atom. The van der Waals surface area contributed by atoms with E-state index < -0.39 is 11.9 Å². The molecule has 0 aliphatic heterocycles. The molecular weight excluding hydrogens is 393 g/mol. The van der Waals surface area contributed by atoms with Crippen LogP contribution in [0.25, 0.3) is 22.4 Å². The third-order valence-electron chi connectivity index (χ3n) is 4.71. The quantitative estimate of drug-likeness (QED) is 0.494. The fourth-order valence-electron chi connectivity index (χ4n) is 3.34. The molecule has 4 aromatic rings. The van der Waals surface area contributed by atoms with E-state index in [1.165, 1.54) is 12.4 Å². The van der Waals surface area contributed by atoms with Crippen molar-refractivity contribution in [1.82, 2.24) is 24.5 Å². The van der Waals surface area contributed by atoms with Crippen molar-refractivity contribution in [1.29, 1.82) is 0 Å². The van der Waals surface area contributed by atoms with Crippen LogP contribution in [0.15, 0.2) is 54.9 Å². The molecule has 6 nitrogen and oxygen atoms in total. The molecule has 3 heterocycles. The zero-order valence-corrected chi connectivity index (χ0v) is 16.4. The molecule has 30 heavy (non-hydrogen) atoms. The average Bonchev–Trinajstić information content (AvgIpc) is 3.12. The minimum Gasteiger partial charge on any atom is -0.360 e. The van der Waals surface area contributed by atoms with Gasteiger partial charge in [0.15, 0.2) is 11.5 Å². The van der Waals surface area contributed by atoms with Gasteiger partial charge in [0.2, 0.25) is 0 Å². The van der Waals surface area contributed by atoms with Crippen molar-refractivity contribution in [3.05, 3.63) is 66.4 Å². The molecule has 0 bridgehead atoms. The highest BCUT2D eigenvalue weighted by molar-refractivity contribution is 5.76. The number of hydrogen-bond acceptors (Lipinski definition) is 5. The van der Waals surface area contributed by atoms with Crippen LogP contribution in [0.5, 0.6) is 0 Å². The first-order chi connectivity index (χ1) is 14.4. The summed E-state index contributed by atoms with van der Waals surface area (Å²) in [5.41, 5.74) is 1.24. The van der Waals surface area contributed by atoms with E-state index in [0.717, 1.165) is 22.9 Å². The van der Waals surface area contributed by atoms with Crippen LogP contribution in [0.3, 0.4) is 0 Å². The van der Waals surface area contributed by atoms with Gasteiger partial charge in [-0.1, -0.05) is 12.1 Å². The Morgan fingerprint density at radius 2 is 1.77 bits per heavy atom. The third-order valence-corrected chi connectivity index (χ3v) is 4.71. The highest BCUT2D eigenvalue weighted by Crippen LogP contribution is 2.32. The number of alkyl halides is 3. The van der Waals surface area contributed by atoms with Gasteiger partial charge in [-0.25, -0.2) is 15.0 Å². The second kappa shape index (κ2) is 7.74. The summed E-state index contributed by atoms with van der Waals surface area (Å²) < 4.78 is 42.3. The number of anilines is 1. The molecule has 0 amide bonds. The summed E-state index contributed by atoms with van der Waals surface area (Å²) in [6.07, 6.45) is -1.63. The summed E-state index contributed by atoms with van der Waals surface area (Å²) in [6.45, 7) is 4.52. The van der Waals surface area contributed by atoms with Gasteiger partial charge in [-0.2, -0.15) is 13.2 Å².